The second-order valence-corrected chi connectivity index (χ2v) is 7.00. The smallest absolute Gasteiger partial charge is 0.239 e. The summed E-state index contributed by atoms with van der Waals surface area (Å²) in [7, 11) is 0. The average molecular weight is 331 g/mol. The molecule has 1 aromatic rings. The molecule has 132 valence electrons. The van der Waals surface area contributed by atoms with Crippen LogP contribution < -0.4 is 5.32 Å². The Morgan fingerprint density at radius 1 is 1.21 bits per heavy atom. The van der Waals surface area contributed by atoms with Gasteiger partial charge in [-0.15, -0.1) is 5.10 Å². The lowest BCUT2D eigenvalue weighted by atomic mass is 10.0. The highest BCUT2D eigenvalue weighted by atomic mass is 16.2. The van der Waals surface area contributed by atoms with Crippen LogP contribution >= 0.6 is 0 Å². The zero-order chi connectivity index (χ0) is 16.9. The lowest BCUT2D eigenvalue weighted by Crippen LogP contribution is -2.50. The van der Waals surface area contributed by atoms with Crippen LogP contribution in [0.4, 0.5) is 5.82 Å². The third kappa shape index (κ3) is 4.04. The largest absolute Gasteiger partial charge is 0.366 e. The fourth-order valence-electron chi connectivity index (χ4n) is 3.80. The summed E-state index contributed by atoms with van der Waals surface area (Å²) in [5.74, 6) is 1.17. The summed E-state index contributed by atoms with van der Waals surface area (Å²) < 4.78 is 0. The van der Waals surface area contributed by atoms with E-state index in [0.717, 1.165) is 69.8 Å². The number of likely N-dealkylation sites (tertiary alicyclic amines) is 2. The highest BCUT2D eigenvalue weighted by Gasteiger charge is 2.34. The number of nitrogens with one attached hydrogen (secondary N) is 1. The molecule has 0 aromatic carbocycles. The van der Waals surface area contributed by atoms with E-state index in [2.05, 4.69) is 32.2 Å². The van der Waals surface area contributed by atoms with Gasteiger partial charge in [0.05, 0.1) is 11.7 Å². The molecule has 1 atom stereocenters. The first-order valence-corrected chi connectivity index (χ1v) is 9.27. The monoisotopic (exact) mass is 331 g/mol. The van der Waals surface area contributed by atoms with Gasteiger partial charge >= 0.3 is 0 Å². The van der Waals surface area contributed by atoms with E-state index >= 15 is 0 Å². The van der Waals surface area contributed by atoms with E-state index in [1.54, 1.807) is 0 Å². The third-order valence-electron chi connectivity index (χ3n) is 5.12. The number of hydrogen-bond donors (Lipinski definition) is 1. The predicted molar refractivity (Wildman–Crippen MR) is 94.9 cm³/mol. The van der Waals surface area contributed by atoms with E-state index in [9.17, 15) is 4.79 Å². The molecule has 0 bridgehead atoms. The van der Waals surface area contributed by atoms with Crippen molar-refractivity contribution in [3.05, 3.63) is 17.8 Å². The van der Waals surface area contributed by atoms with Crippen molar-refractivity contribution >= 4 is 11.7 Å². The van der Waals surface area contributed by atoms with Crippen LogP contribution in [0.1, 0.15) is 44.7 Å². The van der Waals surface area contributed by atoms with Crippen molar-refractivity contribution in [1.29, 1.82) is 0 Å². The van der Waals surface area contributed by atoms with Crippen molar-refractivity contribution in [2.75, 3.05) is 31.5 Å². The minimum absolute atomic E-state index is 0.123. The maximum atomic E-state index is 12.8. The summed E-state index contributed by atoms with van der Waals surface area (Å²) >= 11 is 0. The van der Waals surface area contributed by atoms with Crippen LogP contribution in [0.15, 0.2) is 12.1 Å². The van der Waals surface area contributed by atoms with Gasteiger partial charge in [-0.3, -0.25) is 9.69 Å². The van der Waals surface area contributed by atoms with Gasteiger partial charge in [0.1, 0.15) is 5.82 Å². The van der Waals surface area contributed by atoms with Gasteiger partial charge in [0, 0.05) is 19.1 Å². The highest BCUT2D eigenvalue weighted by Crippen LogP contribution is 2.22. The molecule has 0 aliphatic carbocycles. The number of carbonyl (C=O) groups excluding carboxylic acids is 1. The van der Waals surface area contributed by atoms with E-state index in [0.29, 0.717) is 11.9 Å². The average Bonchev–Trinajstić information content (AvgIpc) is 3.06. The van der Waals surface area contributed by atoms with Crippen LogP contribution in [-0.2, 0) is 4.79 Å². The third-order valence-corrected chi connectivity index (χ3v) is 5.12. The van der Waals surface area contributed by atoms with Crippen LogP contribution in [0.5, 0.6) is 0 Å². The number of piperidine rings is 1. The van der Waals surface area contributed by atoms with Crippen LogP contribution in [0, 0.1) is 6.92 Å². The molecule has 3 heterocycles. The number of hydrogen-bond acceptors (Lipinski definition) is 5. The van der Waals surface area contributed by atoms with Crippen LogP contribution in [0.2, 0.25) is 0 Å². The molecular weight excluding hydrogens is 302 g/mol. The molecule has 6 heteroatoms. The van der Waals surface area contributed by atoms with E-state index in [1.807, 2.05) is 19.1 Å². The summed E-state index contributed by atoms with van der Waals surface area (Å²) in [6, 6.07) is 4.44. The van der Waals surface area contributed by atoms with E-state index in [1.165, 1.54) is 0 Å². The number of rotatable bonds is 5. The molecule has 2 aliphatic heterocycles. The Hall–Kier alpha value is -1.69. The minimum Gasteiger partial charge on any atom is -0.366 e. The van der Waals surface area contributed by atoms with E-state index in [4.69, 9.17) is 0 Å². The van der Waals surface area contributed by atoms with Crippen molar-refractivity contribution in [2.45, 2.75) is 58.0 Å². The first-order chi connectivity index (χ1) is 11.7. The van der Waals surface area contributed by atoms with Crippen LogP contribution in [0.25, 0.3) is 0 Å². The molecule has 2 fully saturated rings. The normalized spacial score (nSPS) is 22.8. The zero-order valence-corrected chi connectivity index (χ0v) is 14.9. The zero-order valence-electron chi connectivity index (χ0n) is 14.9. The molecule has 1 N–H and O–H groups in total. The maximum Gasteiger partial charge on any atom is 0.239 e. The van der Waals surface area contributed by atoms with Gasteiger partial charge in [-0.2, -0.15) is 5.10 Å². The number of aromatic nitrogens is 2. The standard InChI is InChI=1S/C18H29N5O/c1-3-10-22-11-4-5-16(22)18(24)23-12-8-15(9-13-23)19-17-7-6-14(2)20-21-17/h6-7,15-16H,3-5,8-13H2,1-2H3,(H,19,21). The number of aryl methyl sites for hydroxylation is 1. The number of nitrogens with zero attached hydrogens (tertiary/aromatic N) is 4. The van der Waals surface area contributed by atoms with Crippen molar-refractivity contribution in [2.24, 2.45) is 0 Å². The van der Waals surface area contributed by atoms with Crippen molar-refractivity contribution in [3.63, 3.8) is 0 Å². The molecule has 2 saturated heterocycles. The summed E-state index contributed by atoms with van der Waals surface area (Å²) in [6.45, 7) is 7.92. The molecule has 0 spiro atoms. The molecule has 2 aliphatic rings. The van der Waals surface area contributed by atoms with Crippen molar-refractivity contribution in [3.8, 4) is 0 Å². The molecule has 3 rings (SSSR count). The molecule has 1 aromatic heterocycles. The lowest BCUT2D eigenvalue weighted by Gasteiger charge is -2.35. The first-order valence-electron chi connectivity index (χ1n) is 9.27. The summed E-state index contributed by atoms with van der Waals surface area (Å²) in [5.41, 5.74) is 0.925. The number of amides is 1. The highest BCUT2D eigenvalue weighted by molar-refractivity contribution is 5.82. The van der Waals surface area contributed by atoms with E-state index < -0.39 is 0 Å². The summed E-state index contributed by atoms with van der Waals surface area (Å²) in [6.07, 6.45) is 5.24. The Labute approximate surface area is 144 Å². The van der Waals surface area contributed by atoms with Crippen molar-refractivity contribution in [1.82, 2.24) is 20.0 Å². The summed E-state index contributed by atoms with van der Waals surface area (Å²) in [5, 5.41) is 11.7. The number of carbonyl (C=O) groups is 1. The van der Waals surface area contributed by atoms with Gasteiger partial charge in [0.25, 0.3) is 0 Å². The Morgan fingerprint density at radius 3 is 2.67 bits per heavy atom. The van der Waals surface area contributed by atoms with Crippen LogP contribution in [0.3, 0.4) is 0 Å². The molecule has 6 nitrogen and oxygen atoms in total. The van der Waals surface area contributed by atoms with E-state index in [-0.39, 0.29) is 6.04 Å². The van der Waals surface area contributed by atoms with Gasteiger partial charge in [-0.25, -0.2) is 0 Å². The van der Waals surface area contributed by atoms with Gasteiger partial charge in [0.15, 0.2) is 0 Å². The van der Waals surface area contributed by atoms with Gasteiger partial charge in [-0.1, -0.05) is 6.92 Å². The second-order valence-electron chi connectivity index (χ2n) is 7.00. The maximum absolute atomic E-state index is 12.8. The lowest BCUT2D eigenvalue weighted by molar-refractivity contribution is -0.137. The fourth-order valence-corrected chi connectivity index (χ4v) is 3.80. The molecule has 1 amide bonds. The quantitative estimate of drug-likeness (QED) is 0.895. The molecule has 24 heavy (non-hydrogen) atoms. The number of anilines is 1. The fraction of sp³-hybridized carbons (Fsp3) is 0.722. The second kappa shape index (κ2) is 7.92. The van der Waals surface area contributed by atoms with Gasteiger partial charge in [-0.05, 0) is 64.3 Å². The molecule has 0 saturated carbocycles. The molecule has 1 unspecified atom stereocenters. The SMILES string of the molecule is CCCN1CCCC1C(=O)N1CCC(Nc2ccc(C)nn2)CC1. The Bertz CT molecular complexity index is 539. The first kappa shape index (κ1) is 17.1. The van der Waals surface area contributed by atoms with Gasteiger partial charge in [0.2, 0.25) is 5.91 Å². The van der Waals surface area contributed by atoms with Crippen LogP contribution in [-0.4, -0.2) is 64.2 Å². The Morgan fingerprint density at radius 2 is 2.00 bits per heavy atom. The minimum atomic E-state index is 0.123. The van der Waals surface area contributed by atoms with Crippen molar-refractivity contribution < 1.29 is 4.79 Å². The van der Waals surface area contributed by atoms with Gasteiger partial charge < -0.3 is 10.2 Å². The Kier molecular flexibility index (Phi) is 5.66. The summed E-state index contributed by atoms with van der Waals surface area (Å²) in [4.78, 5) is 17.3. The Balaban J connectivity index is 1.49. The predicted octanol–water partition coefficient (Wildman–Crippen LogP) is 2.06. The molecular formula is C18H29N5O. The topological polar surface area (TPSA) is 61.4 Å². The molecule has 0 radical (unpaired) electrons.